The number of carbonyl (C=O) groups is 1. The second-order valence-electron chi connectivity index (χ2n) is 3.56. The first-order valence-corrected chi connectivity index (χ1v) is 5.29. The maximum Gasteiger partial charge on any atom is 0.244 e. The van der Waals surface area contributed by atoms with E-state index in [4.69, 9.17) is 4.42 Å². The number of rotatable bonds is 4. The number of hydrogen-bond acceptors (Lipinski definition) is 2. The van der Waals surface area contributed by atoms with Crippen LogP contribution in [0.2, 0.25) is 0 Å². The Bertz CT molecular complexity index is 402. The van der Waals surface area contributed by atoms with Crippen molar-refractivity contribution in [3.05, 3.63) is 48.0 Å². The molecule has 0 fully saturated rings. The number of hydrogen-bond donors (Lipinski definition) is 1. The van der Waals surface area contributed by atoms with Crippen molar-refractivity contribution in [1.29, 1.82) is 0 Å². The third kappa shape index (κ3) is 3.77. The van der Waals surface area contributed by atoms with E-state index in [1.54, 1.807) is 12.2 Å². The molecule has 0 bridgehead atoms. The molecule has 1 N–H and O–H groups in total. The largest absolute Gasteiger partial charge is 0.464 e. The highest BCUT2D eigenvalue weighted by atomic mass is 16.3. The van der Waals surface area contributed by atoms with Gasteiger partial charge in [0.1, 0.15) is 11.5 Å². The molecule has 0 spiro atoms. The summed E-state index contributed by atoms with van der Waals surface area (Å²) in [7, 11) is 0. The topological polar surface area (TPSA) is 42.2 Å². The summed E-state index contributed by atoms with van der Waals surface area (Å²) < 4.78 is 5.42. The van der Waals surface area contributed by atoms with Gasteiger partial charge in [-0.3, -0.25) is 4.79 Å². The average molecular weight is 219 g/mol. The van der Waals surface area contributed by atoms with Gasteiger partial charge < -0.3 is 9.73 Å². The first kappa shape index (κ1) is 12.3. The molecule has 0 aliphatic heterocycles. The molecule has 0 radical (unpaired) electrons. The maximum absolute atomic E-state index is 11.4. The van der Waals surface area contributed by atoms with Gasteiger partial charge in [0.25, 0.3) is 0 Å². The number of allylic oxidation sites excluding steroid dienone is 3. The van der Waals surface area contributed by atoms with Gasteiger partial charge in [0, 0.05) is 6.08 Å². The second-order valence-corrected chi connectivity index (χ2v) is 3.56. The van der Waals surface area contributed by atoms with Crippen molar-refractivity contribution in [2.45, 2.75) is 26.8 Å². The van der Waals surface area contributed by atoms with Gasteiger partial charge in [0.05, 0.1) is 6.04 Å². The monoisotopic (exact) mass is 219 g/mol. The molecule has 1 heterocycles. The van der Waals surface area contributed by atoms with Gasteiger partial charge in [-0.25, -0.2) is 0 Å². The predicted octanol–water partition coefficient (Wildman–Crippen LogP) is 2.90. The van der Waals surface area contributed by atoms with Crippen LogP contribution in [0, 0.1) is 6.92 Å². The van der Waals surface area contributed by atoms with Crippen LogP contribution in [0.5, 0.6) is 0 Å². The van der Waals surface area contributed by atoms with Crippen LogP contribution in [0.25, 0.3) is 0 Å². The van der Waals surface area contributed by atoms with Crippen LogP contribution in [-0.4, -0.2) is 5.91 Å². The summed E-state index contributed by atoms with van der Waals surface area (Å²) in [6, 6.07) is 3.64. The quantitative estimate of drug-likeness (QED) is 0.625. The molecule has 1 atom stereocenters. The van der Waals surface area contributed by atoms with Gasteiger partial charge in [-0.15, -0.1) is 0 Å². The summed E-state index contributed by atoms with van der Waals surface area (Å²) in [5.41, 5.74) is 0. The van der Waals surface area contributed by atoms with Crippen molar-refractivity contribution in [2.75, 3.05) is 0 Å². The molecule has 0 aliphatic rings. The third-order valence-corrected chi connectivity index (χ3v) is 2.10. The van der Waals surface area contributed by atoms with Crippen LogP contribution in [0.4, 0.5) is 0 Å². The molecule has 0 aromatic carbocycles. The highest BCUT2D eigenvalue weighted by Gasteiger charge is 2.10. The molecule has 1 aromatic rings. The fraction of sp³-hybridized carbons (Fsp3) is 0.308. The van der Waals surface area contributed by atoms with E-state index in [2.05, 4.69) is 5.32 Å². The highest BCUT2D eigenvalue weighted by molar-refractivity contribution is 5.87. The fourth-order valence-corrected chi connectivity index (χ4v) is 1.27. The van der Waals surface area contributed by atoms with Gasteiger partial charge in [-0.1, -0.05) is 18.2 Å². The van der Waals surface area contributed by atoms with E-state index in [-0.39, 0.29) is 11.9 Å². The predicted molar refractivity (Wildman–Crippen MR) is 64.0 cm³/mol. The molecule has 1 unspecified atom stereocenters. The zero-order valence-electron chi connectivity index (χ0n) is 9.86. The molecule has 1 amide bonds. The van der Waals surface area contributed by atoms with Gasteiger partial charge in [-0.2, -0.15) is 0 Å². The first-order chi connectivity index (χ1) is 7.63. The normalized spacial score (nSPS) is 13.4. The van der Waals surface area contributed by atoms with Crippen molar-refractivity contribution in [3.63, 3.8) is 0 Å². The zero-order valence-corrected chi connectivity index (χ0v) is 9.86. The Morgan fingerprint density at radius 1 is 1.44 bits per heavy atom. The molecule has 3 nitrogen and oxygen atoms in total. The van der Waals surface area contributed by atoms with Crippen molar-refractivity contribution in [2.24, 2.45) is 0 Å². The minimum Gasteiger partial charge on any atom is -0.464 e. The molecule has 1 aromatic heterocycles. The number of furan rings is 1. The lowest BCUT2D eigenvalue weighted by Crippen LogP contribution is -2.24. The summed E-state index contributed by atoms with van der Waals surface area (Å²) in [5, 5.41) is 2.82. The summed E-state index contributed by atoms with van der Waals surface area (Å²) in [6.07, 6.45) is 6.87. The summed E-state index contributed by atoms with van der Waals surface area (Å²) in [6.45, 7) is 5.67. The van der Waals surface area contributed by atoms with Crippen LogP contribution >= 0.6 is 0 Å². The standard InChI is InChI=1S/C13H17NO2/c1-4-5-6-7-13(15)14-11(3)12-9-8-10(2)16-12/h4-9,11H,1-3H3,(H,14,15)/b5-4+,7-6+. The molecule has 0 aliphatic carbocycles. The van der Waals surface area contributed by atoms with E-state index in [1.165, 1.54) is 6.08 Å². The number of amides is 1. The fourth-order valence-electron chi connectivity index (χ4n) is 1.27. The summed E-state index contributed by atoms with van der Waals surface area (Å²) >= 11 is 0. The Hall–Kier alpha value is -1.77. The van der Waals surface area contributed by atoms with Gasteiger partial charge >= 0.3 is 0 Å². The van der Waals surface area contributed by atoms with Crippen LogP contribution in [0.15, 0.2) is 40.9 Å². The Kier molecular flexibility index (Phi) is 4.58. The minimum absolute atomic E-state index is 0.114. The van der Waals surface area contributed by atoms with Crippen LogP contribution in [-0.2, 0) is 4.79 Å². The van der Waals surface area contributed by atoms with Crippen molar-refractivity contribution < 1.29 is 9.21 Å². The first-order valence-electron chi connectivity index (χ1n) is 5.29. The highest BCUT2D eigenvalue weighted by Crippen LogP contribution is 2.15. The van der Waals surface area contributed by atoms with Crippen LogP contribution in [0.1, 0.15) is 31.4 Å². The summed E-state index contributed by atoms with van der Waals surface area (Å²) in [5.74, 6) is 1.49. The zero-order chi connectivity index (χ0) is 12.0. The smallest absolute Gasteiger partial charge is 0.244 e. The summed E-state index contributed by atoms with van der Waals surface area (Å²) in [4.78, 5) is 11.4. The Morgan fingerprint density at radius 2 is 2.19 bits per heavy atom. The van der Waals surface area contributed by atoms with Crippen molar-refractivity contribution in [3.8, 4) is 0 Å². The lowest BCUT2D eigenvalue weighted by atomic mass is 10.2. The van der Waals surface area contributed by atoms with Crippen molar-refractivity contribution in [1.82, 2.24) is 5.32 Å². The lowest BCUT2D eigenvalue weighted by molar-refractivity contribution is -0.117. The van der Waals surface area contributed by atoms with Crippen LogP contribution in [0.3, 0.4) is 0 Å². The van der Waals surface area contributed by atoms with E-state index in [0.717, 1.165) is 11.5 Å². The van der Waals surface area contributed by atoms with E-state index >= 15 is 0 Å². The van der Waals surface area contributed by atoms with Gasteiger partial charge in [0.15, 0.2) is 0 Å². The molecular weight excluding hydrogens is 202 g/mol. The van der Waals surface area contributed by atoms with Gasteiger partial charge in [-0.05, 0) is 32.9 Å². The maximum atomic E-state index is 11.4. The molecule has 1 rings (SSSR count). The molecule has 0 saturated heterocycles. The molecule has 0 saturated carbocycles. The SMILES string of the molecule is C/C=C/C=C/C(=O)NC(C)c1ccc(C)o1. The minimum atomic E-state index is -0.125. The van der Waals surface area contributed by atoms with Gasteiger partial charge in [0.2, 0.25) is 5.91 Å². The number of carbonyl (C=O) groups excluding carboxylic acids is 1. The van der Waals surface area contributed by atoms with E-state index in [1.807, 2.05) is 39.0 Å². The Morgan fingerprint density at radius 3 is 2.75 bits per heavy atom. The number of aryl methyl sites for hydroxylation is 1. The second kappa shape index (κ2) is 5.95. The van der Waals surface area contributed by atoms with Crippen LogP contribution < -0.4 is 5.32 Å². The average Bonchev–Trinajstić information content (AvgIpc) is 2.65. The van der Waals surface area contributed by atoms with E-state index in [0.29, 0.717) is 0 Å². The third-order valence-electron chi connectivity index (χ3n) is 2.10. The van der Waals surface area contributed by atoms with E-state index in [9.17, 15) is 4.79 Å². The Balaban J connectivity index is 2.51. The lowest BCUT2D eigenvalue weighted by Gasteiger charge is -2.08. The Labute approximate surface area is 95.8 Å². The molecule has 16 heavy (non-hydrogen) atoms. The molecule has 86 valence electrons. The molecular formula is C13H17NO2. The number of nitrogens with one attached hydrogen (secondary N) is 1. The molecule has 3 heteroatoms. The van der Waals surface area contributed by atoms with Crippen molar-refractivity contribution >= 4 is 5.91 Å². The van der Waals surface area contributed by atoms with E-state index < -0.39 is 0 Å².